The SMILES string of the molecule is Cc1noc(C2(O)CC3CC(c4nn(C)c(N)c4C(=O)Nc4ccc(F)c(Cl)c4)CC3C2)n1. The number of aliphatic hydroxyl groups is 1. The lowest BCUT2D eigenvalue weighted by atomic mass is 9.91. The summed E-state index contributed by atoms with van der Waals surface area (Å²) in [6, 6.07) is 3.97. The minimum absolute atomic E-state index is 0.0232. The number of hydrogen-bond donors (Lipinski definition) is 3. The fourth-order valence-corrected chi connectivity index (χ4v) is 5.57. The summed E-state index contributed by atoms with van der Waals surface area (Å²) in [7, 11) is 1.69. The molecule has 2 unspecified atom stereocenters. The van der Waals surface area contributed by atoms with Crippen LogP contribution in [0, 0.1) is 24.6 Å². The molecule has 1 amide bonds. The number of nitrogens with one attached hydrogen (secondary N) is 1. The van der Waals surface area contributed by atoms with Crippen molar-refractivity contribution >= 4 is 29.0 Å². The number of aryl methyl sites for hydroxylation is 2. The van der Waals surface area contributed by atoms with Gasteiger partial charge in [0.05, 0.1) is 10.7 Å². The van der Waals surface area contributed by atoms with Crippen LogP contribution in [0.2, 0.25) is 5.02 Å². The predicted octanol–water partition coefficient (Wildman–Crippen LogP) is 3.53. The molecule has 0 bridgehead atoms. The zero-order chi connectivity index (χ0) is 23.5. The molecule has 2 saturated carbocycles. The molecule has 2 heterocycles. The summed E-state index contributed by atoms with van der Waals surface area (Å²) in [5, 5.41) is 22.1. The van der Waals surface area contributed by atoms with Gasteiger partial charge in [-0.3, -0.25) is 9.48 Å². The van der Waals surface area contributed by atoms with Crippen molar-refractivity contribution < 1.29 is 18.8 Å². The smallest absolute Gasteiger partial charge is 0.261 e. The fraction of sp³-hybridized carbons (Fsp3) is 0.455. The van der Waals surface area contributed by atoms with Gasteiger partial charge in [0.2, 0.25) is 0 Å². The van der Waals surface area contributed by atoms with Gasteiger partial charge < -0.3 is 20.7 Å². The van der Waals surface area contributed by atoms with Gasteiger partial charge in [-0.05, 0) is 62.6 Å². The van der Waals surface area contributed by atoms with Crippen LogP contribution < -0.4 is 11.1 Å². The number of carbonyl (C=O) groups is 1. The van der Waals surface area contributed by atoms with E-state index >= 15 is 0 Å². The second kappa shape index (κ2) is 7.81. The van der Waals surface area contributed by atoms with Crippen molar-refractivity contribution in [1.82, 2.24) is 19.9 Å². The number of anilines is 2. The van der Waals surface area contributed by atoms with E-state index in [0.29, 0.717) is 35.6 Å². The normalized spacial score (nSPS) is 26.5. The maximum atomic E-state index is 13.5. The molecule has 174 valence electrons. The van der Waals surface area contributed by atoms with Gasteiger partial charge in [-0.15, -0.1) is 0 Å². The van der Waals surface area contributed by atoms with E-state index < -0.39 is 17.3 Å². The van der Waals surface area contributed by atoms with Crippen molar-refractivity contribution in [2.24, 2.45) is 18.9 Å². The number of aromatic nitrogens is 4. The number of carbonyl (C=O) groups excluding carboxylic acids is 1. The van der Waals surface area contributed by atoms with Crippen LogP contribution in [-0.2, 0) is 12.6 Å². The van der Waals surface area contributed by atoms with E-state index in [2.05, 4.69) is 20.6 Å². The highest BCUT2D eigenvalue weighted by Crippen LogP contribution is 2.56. The average Bonchev–Trinajstić information content (AvgIpc) is 3.48. The molecule has 2 aliphatic rings. The van der Waals surface area contributed by atoms with Crippen molar-refractivity contribution in [2.75, 3.05) is 11.1 Å². The summed E-state index contributed by atoms with van der Waals surface area (Å²) in [4.78, 5) is 17.3. The summed E-state index contributed by atoms with van der Waals surface area (Å²) in [6.45, 7) is 1.72. The van der Waals surface area contributed by atoms with Crippen LogP contribution in [-0.4, -0.2) is 30.9 Å². The van der Waals surface area contributed by atoms with Gasteiger partial charge in [0.15, 0.2) is 5.82 Å². The maximum Gasteiger partial charge on any atom is 0.261 e. The first-order chi connectivity index (χ1) is 15.6. The Balaban J connectivity index is 1.36. The molecule has 0 radical (unpaired) electrons. The summed E-state index contributed by atoms with van der Waals surface area (Å²) < 4.78 is 20.2. The molecule has 1 aromatic carbocycles. The van der Waals surface area contributed by atoms with Crippen LogP contribution in [0.1, 0.15) is 59.4 Å². The Bertz CT molecular complexity index is 1230. The molecular weight excluding hydrogens is 451 g/mol. The Morgan fingerprint density at radius 2 is 2.06 bits per heavy atom. The number of halogens is 2. The Labute approximate surface area is 194 Å². The number of hydrogen-bond acceptors (Lipinski definition) is 7. The topological polar surface area (TPSA) is 132 Å². The molecule has 5 rings (SSSR count). The molecule has 2 atom stereocenters. The largest absolute Gasteiger partial charge is 0.383 e. The van der Waals surface area contributed by atoms with Gasteiger partial charge in [0.25, 0.3) is 11.8 Å². The second-order valence-corrected chi connectivity index (χ2v) is 9.53. The summed E-state index contributed by atoms with van der Waals surface area (Å²) in [5.74, 6) is 0.532. The molecule has 2 aliphatic carbocycles. The van der Waals surface area contributed by atoms with Gasteiger partial charge in [0, 0.05) is 18.7 Å². The Kier molecular flexibility index (Phi) is 5.17. The zero-order valence-corrected chi connectivity index (χ0v) is 18.9. The van der Waals surface area contributed by atoms with Crippen molar-refractivity contribution in [1.29, 1.82) is 0 Å². The molecule has 33 heavy (non-hydrogen) atoms. The molecular formula is C22H24ClFN6O3. The first-order valence-corrected chi connectivity index (χ1v) is 11.1. The average molecular weight is 475 g/mol. The highest BCUT2D eigenvalue weighted by atomic mass is 35.5. The Hall–Kier alpha value is -2.98. The molecule has 2 fully saturated rings. The van der Waals surface area contributed by atoms with E-state index in [4.69, 9.17) is 21.9 Å². The Morgan fingerprint density at radius 1 is 1.36 bits per heavy atom. The zero-order valence-electron chi connectivity index (χ0n) is 18.2. The lowest BCUT2D eigenvalue weighted by Crippen LogP contribution is -2.23. The minimum atomic E-state index is -1.12. The summed E-state index contributed by atoms with van der Waals surface area (Å²) in [6.07, 6.45) is 2.57. The van der Waals surface area contributed by atoms with Crippen LogP contribution in [0.3, 0.4) is 0 Å². The van der Waals surface area contributed by atoms with E-state index in [-0.39, 0.29) is 34.5 Å². The van der Waals surface area contributed by atoms with Crippen molar-refractivity contribution in [2.45, 2.75) is 44.1 Å². The first kappa shape index (κ1) is 21.8. The first-order valence-electron chi connectivity index (χ1n) is 10.8. The number of nitrogens with two attached hydrogens (primary N) is 1. The van der Waals surface area contributed by atoms with E-state index in [1.807, 2.05) is 0 Å². The van der Waals surface area contributed by atoms with E-state index in [9.17, 15) is 14.3 Å². The molecule has 4 N–H and O–H groups in total. The van der Waals surface area contributed by atoms with Crippen molar-refractivity contribution in [3.63, 3.8) is 0 Å². The lowest BCUT2D eigenvalue weighted by Gasteiger charge is -2.20. The van der Waals surface area contributed by atoms with Gasteiger partial charge in [-0.1, -0.05) is 16.8 Å². The van der Waals surface area contributed by atoms with Crippen LogP contribution in [0.25, 0.3) is 0 Å². The van der Waals surface area contributed by atoms with Gasteiger partial charge >= 0.3 is 0 Å². The summed E-state index contributed by atoms with van der Waals surface area (Å²) in [5.41, 5.74) is 6.39. The fourth-order valence-electron chi connectivity index (χ4n) is 5.39. The number of fused-ring (bicyclic) bond motifs is 1. The van der Waals surface area contributed by atoms with Gasteiger partial charge in [-0.2, -0.15) is 10.1 Å². The lowest BCUT2D eigenvalue weighted by molar-refractivity contribution is 0.00248. The molecule has 0 spiro atoms. The van der Waals surface area contributed by atoms with E-state index in [1.165, 1.54) is 22.9 Å². The Morgan fingerprint density at radius 3 is 2.67 bits per heavy atom. The van der Waals surface area contributed by atoms with Crippen molar-refractivity contribution in [3.05, 3.63) is 52.0 Å². The predicted molar refractivity (Wildman–Crippen MR) is 118 cm³/mol. The molecule has 0 saturated heterocycles. The third-order valence-electron chi connectivity index (χ3n) is 6.88. The van der Waals surface area contributed by atoms with Gasteiger partial charge in [0.1, 0.15) is 22.8 Å². The molecule has 11 heteroatoms. The standard InChI is InChI=1S/C22H24ClFN6O3/c1-10-26-21(33-29-10)22(32)8-12-5-11(6-13(12)9-22)18-17(19(25)30(2)28-18)20(31)27-14-3-4-16(24)15(23)7-14/h3-4,7,11-13,32H,5-6,8-9,25H2,1-2H3,(H,27,31). The van der Waals surface area contributed by atoms with Gasteiger partial charge in [-0.25, -0.2) is 4.39 Å². The summed E-state index contributed by atoms with van der Waals surface area (Å²) >= 11 is 5.83. The van der Waals surface area contributed by atoms with E-state index in [1.54, 1.807) is 14.0 Å². The third kappa shape index (κ3) is 3.76. The van der Waals surface area contributed by atoms with E-state index in [0.717, 1.165) is 12.8 Å². The number of amides is 1. The quantitative estimate of drug-likeness (QED) is 0.526. The highest BCUT2D eigenvalue weighted by molar-refractivity contribution is 6.31. The molecule has 2 aromatic heterocycles. The highest BCUT2D eigenvalue weighted by Gasteiger charge is 2.53. The number of rotatable bonds is 4. The molecule has 0 aliphatic heterocycles. The molecule has 3 aromatic rings. The maximum absolute atomic E-state index is 13.5. The van der Waals surface area contributed by atoms with Crippen LogP contribution in [0.15, 0.2) is 22.7 Å². The molecule has 9 nitrogen and oxygen atoms in total. The van der Waals surface area contributed by atoms with Crippen LogP contribution in [0.5, 0.6) is 0 Å². The number of nitrogen functional groups attached to an aromatic ring is 1. The minimum Gasteiger partial charge on any atom is -0.383 e. The van der Waals surface area contributed by atoms with Crippen LogP contribution >= 0.6 is 11.6 Å². The van der Waals surface area contributed by atoms with Crippen LogP contribution in [0.4, 0.5) is 15.9 Å². The number of nitrogens with zero attached hydrogens (tertiary/aromatic N) is 4. The number of benzene rings is 1. The van der Waals surface area contributed by atoms with Crippen molar-refractivity contribution in [3.8, 4) is 0 Å². The third-order valence-corrected chi connectivity index (χ3v) is 7.17. The second-order valence-electron chi connectivity index (χ2n) is 9.13. The monoisotopic (exact) mass is 474 g/mol.